The number of halogens is 1. The van der Waals surface area contributed by atoms with E-state index in [1.54, 1.807) is 24.4 Å². The molecule has 102 valence electrons. The molecule has 5 nitrogen and oxygen atoms in total. The van der Waals surface area contributed by atoms with Gasteiger partial charge in [-0.25, -0.2) is 13.9 Å². The number of rotatable bonds is 3. The Kier molecular flexibility index (Phi) is 3.08. The average Bonchev–Trinajstić information content (AvgIpc) is 2.95. The first-order chi connectivity index (χ1) is 9.72. The van der Waals surface area contributed by atoms with Gasteiger partial charge < -0.3 is 9.84 Å². The molecule has 0 aliphatic heterocycles. The van der Waals surface area contributed by atoms with Crippen molar-refractivity contribution in [3.05, 3.63) is 48.2 Å². The first-order valence-corrected chi connectivity index (χ1v) is 6.00. The minimum absolute atomic E-state index is 0.193. The van der Waals surface area contributed by atoms with Gasteiger partial charge >= 0.3 is 0 Å². The lowest BCUT2D eigenvalue weighted by molar-refractivity contribution is 0.282. The second kappa shape index (κ2) is 4.90. The number of methoxy groups -OCH3 is 1. The van der Waals surface area contributed by atoms with Gasteiger partial charge in [0.05, 0.1) is 13.7 Å². The van der Waals surface area contributed by atoms with Gasteiger partial charge in [0.2, 0.25) is 0 Å². The Labute approximate surface area is 114 Å². The molecule has 0 bridgehead atoms. The van der Waals surface area contributed by atoms with Crippen LogP contribution >= 0.6 is 0 Å². The van der Waals surface area contributed by atoms with Crippen LogP contribution < -0.4 is 4.74 Å². The summed E-state index contributed by atoms with van der Waals surface area (Å²) < 4.78 is 20.6. The highest BCUT2D eigenvalue weighted by Crippen LogP contribution is 2.28. The summed E-state index contributed by atoms with van der Waals surface area (Å²) in [6.07, 6.45) is 3.06. The van der Waals surface area contributed by atoms with E-state index in [1.807, 2.05) is 0 Å². The van der Waals surface area contributed by atoms with E-state index in [9.17, 15) is 9.50 Å². The van der Waals surface area contributed by atoms with Gasteiger partial charge in [0, 0.05) is 22.9 Å². The monoisotopic (exact) mass is 273 g/mol. The quantitative estimate of drug-likeness (QED) is 0.793. The molecule has 0 amide bonds. The number of fused-ring (bicyclic) bond motifs is 1. The summed E-state index contributed by atoms with van der Waals surface area (Å²) >= 11 is 0. The fourth-order valence-corrected chi connectivity index (χ4v) is 2.11. The van der Waals surface area contributed by atoms with Crippen molar-refractivity contribution in [3.63, 3.8) is 0 Å². The van der Waals surface area contributed by atoms with Crippen LogP contribution in [0.4, 0.5) is 4.39 Å². The first kappa shape index (κ1) is 12.6. The van der Waals surface area contributed by atoms with Crippen LogP contribution in [0, 0.1) is 5.82 Å². The van der Waals surface area contributed by atoms with Crippen LogP contribution in [0.5, 0.6) is 5.75 Å². The molecule has 3 aromatic rings. The molecule has 2 heterocycles. The van der Waals surface area contributed by atoms with Gasteiger partial charge in [0.25, 0.3) is 0 Å². The van der Waals surface area contributed by atoms with Crippen molar-refractivity contribution in [1.29, 1.82) is 0 Å². The zero-order chi connectivity index (χ0) is 14.1. The van der Waals surface area contributed by atoms with E-state index in [2.05, 4.69) is 10.1 Å². The molecule has 0 saturated heterocycles. The zero-order valence-corrected chi connectivity index (χ0v) is 10.7. The third kappa shape index (κ3) is 2.00. The molecule has 3 rings (SSSR count). The third-order valence-electron chi connectivity index (χ3n) is 3.11. The Balaban J connectivity index is 2.23. The van der Waals surface area contributed by atoms with E-state index in [4.69, 9.17) is 4.74 Å². The molecule has 0 atom stereocenters. The third-order valence-corrected chi connectivity index (χ3v) is 3.11. The van der Waals surface area contributed by atoms with E-state index in [0.717, 1.165) is 0 Å². The Bertz CT molecular complexity index is 770. The van der Waals surface area contributed by atoms with E-state index in [1.165, 1.54) is 24.0 Å². The second-order valence-electron chi connectivity index (χ2n) is 4.29. The van der Waals surface area contributed by atoms with E-state index < -0.39 is 0 Å². The maximum Gasteiger partial charge on any atom is 0.160 e. The van der Waals surface area contributed by atoms with Gasteiger partial charge in [-0.2, -0.15) is 5.10 Å². The molecule has 1 aromatic carbocycles. The summed E-state index contributed by atoms with van der Waals surface area (Å²) in [6, 6.07) is 6.20. The lowest BCUT2D eigenvalue weighted by Gasteiger charge is -2.08. The molecule has 0 radical (unpaired) electrons. The fraction of sp³-hybridized carbons (Fsp3) is 0.143. The second-order valence-corrected chi connectivity index (χ2v) is 4.29. The van der Waals surface area contributed by atoms with Crippen LogP contribution in [0.1, 0.15) is 5.56 Å². The largest absolute Gasteiger partial charge is 0.497 e. The van der Waals surface area contributed by atoms with E-state index >= 15 is 0 Å². The lowest BCUT2D eigenvalue weighted by Crippen LogP contribution is -1.97. The highest BCUT2D eigenvalue weighted by atomic mass is 19.1. The molecule has 0 saturated carbocycles. The van der Waals surface area contributed by atoms with Crippen LogP contribution in [0.25, 0.3) is 16.8 Å². The van der Waals surface area contributed by atoms with Crippen molar-refractivity contribution < 1.29 is 14.2 Å². The number of aromatic nitrogens is 3. The Morgan fingerprint density at radius 3 is 2.95 bits per heavy atom. The van der Waals surface area contributed by atoms with Crippen molar-refractivity contribution in [2.75, 3.05) is 7.11 Å². The van der Waals surface area contributed by atoms with Crippen molar-refractivity contribution in [1.82, 2.24) is 14.6 Å². The van der Waals surface area contributed by atoms with Gasteiger partial charge in [-0.05, 0) is 24.3 Å². The summed E-state index contributed by atoms with van der Waals surface area (Å²) in [7, 11) is 1.52. The molecule has 0 fully saturated rings. The number of ether oxygens (including phenoxy) is 1. The van der Waals surface area contributed by atoms with Gasteiger partial charge in [0.1, 0.15) is 17.9 Å². The highest BCUT2D eigenvalue weighted by Gasteiger charge is 2.11. The van der Waals surface area contributed by atoms with Gasteiger partial charge in [-0.15, -0.1) is 0 Å². The number of pyridine rings is 1. The van der Waals surface area contributed by atoms with Crippen molar-refractivity contribution in [2.24, 2.45) is 0 Å². The minimum Gasteiger partial charge on any atom is -0.497 e. The molecule has 0 spiro atoms. The van der Waals surface area contributed by atoms with E-state index in [0.29, 0.717) is 28.1 Å². The first-order valence-electron chi connectivity index (χ1n) is 6.00. The van der Waals surface area contributed by atoms with Gasteiger partial charge in [-0.3, -0.25) is 0 Å². The molecule has 6 heteroatoms. The molecule has 1 N–H and O–H groups in total. The number of hydrogen-bond donors (Lipinski definition) is 1. The van der Waals surface area contributed by atoms with Crippen LogP contribution in [-0.2, 0) is 6.61 Å². The predicted octanol–water partition coefficient (Wildman–Crippen LogP) is 2.04. The molecule has 20 heavy (non-hydrogen) atoms. The smallest absolute Gasteiger partial charge is 0.160 e. The van der Waals surface area contributed by atoms with Gasteiger partial charge in [-0.1, -0.05) is 0 Å². The Morgan fingerprint density at radius 1 is 1.35 bits per heavy atom. The topological polar surface area (TPSA) is 59.7 Å². The molecular formula is C14H12FN3O2. The van der Waals surface area contributed by atoms with Crippen LogP contribution in [0.2, 0.25) is 0 Å². The van der Waals surface area contributed by atoms with Crippen molar-refractivity contribution in [3.8, 4) is 16.9 Å². The SMILES string of the molecule is COc1ccc(F)c(-c2cc(CO)c3ncnn3c2)c1. The van der Waals surface area contributed by atoms with E-state index in [-0.39, 0.29) is 12.4 Å². The van der Waals surface area contributed by atoms with Gasteiger partial charge in [0.15, 0.2) is 5.65 Å². The maximum absolute atomic E-state index is 14.0. The number of aliphatic hydroxyl groups excluding tert-OH is 1. The van der Waals surface area contributed by atoms with Crippen LogP contribution in [-0.4, -0.2) is 26.8 Å². The number of aliphatic hydroxyl groups is 1. The fourth-order valence-electron chi connectivity index (χ4n) is 2.11. The summed E-state index contributed by atoms with van der Waals surface area (Å²) in [5.41, 5.74) is 2.13. The maximum atomic E-state index is 14.0. The highest BCUT2D eigenvalue weighted by molar-refractivity contribution is 5.68. The minimum atomic E-state index is -0.367. The summed E-state index contributed by atoms with van der Waals surface area (Å²) in [6.45, 7) is -0.193. The number of nitrogens with zero attached hydrogens (tertiary/aromatic N) is 3. The standard InChI is InChI=1S/C14H12FN3O2/c1-20-11-2-3-13(15)12(5-11)9-4-10(7-19)14-16-8-17-18(14)6-9/h2-6,8,19H,7H2,1H3. The molecule has 2 aromatic heterocycles. The molecule has 0 aliphatic carbocycles. The number of hydrogen-bond acceptors (Lipinski definition) is 4. The number of benzene rings is 1. The molecule has 0 aliphatic rings. The van der Waals surface area contributed by atoms with Crippen LogP contribution in [0.15, 0.2) is 36.8 Å². The molecule has 0 unspecified atom stereocenters. The summed E-state index contributed by atoms with van der Waals surface area (Å²) in [4.78, 5) is 4.05. The van der Waals surface area contributed by atoms with Crippen molar-refractivity contribution in [2.45, 2.75) is 6.61 Å². The molecular weight excluding hydrogens is 261 g/mol. The predicted molar refractivity (Wildman–Crippen MR) is 70.9 cm³/mol. The normalized spacial score (nSPS) is 10.9. The Hall–Kier alpha value is -2.47. The Morgan fingerprint density at radius 2 is 2.20 bits per heavy atom. The lowest BCUT2D eigenvalue weighted by atomic mass is 10.0. The summed E-state index contributed by atoms with van der Waals surface area (Å²) in [5.74, 6) is 0.194. The van der Waals surface area contributed by atoms with Crippen molar-refractivity contribution >= 4 is 5.65 Å². The average molecular weight is 273 g/mol. The summed E-state index contributed by atoms with van der Waals surface area (Å²) in [5, 5.41) is 13.4. The zero-order valence-electron chi connectivity index (χ0n) is 10.7. The van der Waals surface area contributed by atoms with Crippen LogP contribution in [0.3, 0.4) is 0 Å².